The Morgan fingerprint density at radius 2 is 2.40 bits per heavy atom. The SMILES string of the molecule is O=c1[nH]cc(Cl)cc1CBr. The fraction of sp³-hybridized carbons (Fsp3) is 0.167. The van der Waals surface area contributed by atoms with Gasteiger partial charge in [-0.25, -0.2) is 0 Å². The van der Waals surface area contributed by atoms with Crippen molar-refractivity contribution in [1.29, 1.82) is 0 Å². The zero-order chi connectivity index (χ0) is 7.56. The molecule has 4 heteroatoms. The molecule has 1 rings (SSSR count). The maximum Gasteiger partial charge on any atom is 0.252 e. The highest BCUT2D eigenvalue weighted by Crippen LogP contribution is 2.07. The minimum Gasteiger partial charge on any atom is -0.327 e. The van der Waals surface area contributed by atoms with Crippen molar-refractivity contribution in [3.05, 3.63) is 33.2 Å². The molecule has 0 amide bonds. The lowest BCUT2D eigenvalue weighted by atomic mass is 10.3. The van der Waals surface area contributed by atoms with E-state index in [0.717, 1.165) is 0 Å². The maximum atomic E-state index is 10.9. The average Bonchev–Trinajstić information content (AvgIpc) is 1.94. The number of pyridine rings is 1. The van der Waals surface area contributed by atoms with Gasteiger partial charge in [0.15, 0.2) is 0 Å². The molecule has 0 bridgehead atoms. The number of nitrogens with one attached hydrogen (secondary N) is 1. The molecule has 0 atom stereocenters. The Morgan fingerprint density at radius 1 is 1.70 bits per heavy atom. The highest BCUT2D eigenvalue weighted by molar-refractivity contribution is 9.08. The van der Waals surface area contributed by atoms with Crippen LogP contribution in [-0.4, -0.2) is 4.98 Å². The zero-order valence-corrected chi connectivity index (χ0v) is 7.37. The van der Waals surface area contributed by atoms with Gasteiger partial charge in [-0.1, -0.05) is 27.5 Å². The molecule has 0 unspecified atom stereocenters. The summed E-state index contributed by atoms with van der Waals surface area (Å²) in [7, 11) is 0. The second kappa shape index (κ2) is 3.21. The third-order valence-corrected chi connectivity index (χ3v) is 1.91. The minimum absolute atomic E-state index is 0.0960. The summed E-state index contributed by atoms with van der Waals surface area (Å²) in [4.78, 5) is 13.4. The van der Waals surface area contributed by atoms with E-state index >= 15 is 0 Å². The highest BCUT2D eigenvalue weighted by Gasteiger charge is 1.96. The molecule has 1 aromatic heterocycles. The quantitative estimate of drug-likeness (QED) is 0.724. The number of alkyl halides is 1. The van der Waals surface area contributed by atoms with Crippen LogP contribution in [0.25, 0.3) is 0 Å². The van der Waals surface area contributed by atoms with Crippen LogP contribution < -0.4 is 5.56 Å². The van der Waals surface area contributed by atoms with E-state index in [0.29, 0.717) is 15.9 Å². The number of rotatable bonds is 1. The largest absolute Gasteiger partial charge is 0.327 e. The molecule has 1 heterocycles. The van der Waals surface area contributed by atoms with Crippen LogP contribution in [0.4, 0.5) is 0 Å². The van der Waals surface area contributed by atoms with Gasteiger partial charge in [-0.15, -0.1) is 0 Å². The first-order valence-corrected chi connectivity index (χ1v) is 4.17. The van der Waals surface area contributed by atoms with Crippen molar-refractivity contribution in [2.75, 3.05) is 0 Å². The summed E-state index contributed by atoms with van der Waals surface area (Å²) in [6.07, 6.45) is 1.47. The van der Waals surface area contributed by atoms with Gasteiger partial charge in [0, 0.05) is 17.1 Å². The van der Waals surface area contributed by atoms with E-state index in [1.165, 1.54) is 6.20 Å². The number of hydrogen-bond donors (Lipinski definition) is 1. The van der Waals surface area contributed by atoms with Gasteiger partial charge < -0.3 is 4.98 Å². The van der Waals surface area contributed by atoms with Crippen molar-refractivity contribution < 1.29 is 0 Å². The highest BCUT2D eigenvalue weighted by atomic mass is 79.9. The Morgan fingerprint density at radius 3 is 2.90 bits per heavy atom. The minimum atomic E-state index is -0.0960. The van der Waals surface area contributed by atoms with Crippen LogP contribution in [-0.2, 0) is 5.33 Å². The van der Waals surface area contributed by atoms with Gasteiger partial charge in [0.25, 0.3) is 5.56 Å². The summed E-state index contributed by atoms with van der Waals surface area (Å²) in [6.45, 7) is 0. The topological polar surface area (TPSA) is 32.9 Å². The predicted octanol–water partition coefficient (Wildman–Crippen LogP) is 1.92. The number of hydrogen-bond acceptors (Lipinski definition) is 1. The summed E-state index contributed by atoms with van der Waals surface area (Å²) in [5.41, 5.74) is 0.550. The van der Waals surface area contributed by atoms with Gasteiger partial charge in [0.1, 0.15) is 0 Å². The second-order valence-corrected chi connectivity index (χ2v) is 2.80. The Balaban J connectivity index is 3.22. The van der Waals surface area contributed by atoms with E-state index in [1.54, 1.807) is 6.07 Å². The lowest BCUT2D eigenvalue weighted by Gasteiger charge is -1.92. The fourth-order valence-corrected chi connectivity index (χ4v) is 1.20. The van der Waals surface area contributed by atoms with Crippen LogP contribution in [0.2, 0.25) is 5.02 Å². The summed E-state index contributed by atoms with van der Waals surface area (Å²) >= 11 is 8.77. The van der Waals surface area contributed by atoms with Crippen molar-refractivity contribution in [2.45, 2.75) is 5.33 Å². The average molecular weight is 222 g/mol. The van der Waals surface area contributed by atoms with Gasteiger partial charge in [-0.2, -0.15) is 0 Å². The van der Waals surface area contributed by atoms with E-state index in [9.17, 15) is 4.79 Å². The molecule has 1 aromatic rings. The lowest BCUT2D eigenvalue weighted by Crippen LogP contribution is -2.09. The Hall–Kier alpha value is -0.280. The monoisotopic (exact) mass is 221 g/mol. The normalized spacial score (nSPS) is 9.80. The molecule has 0 fully saturated rings. The number of aromatic nitrogens is 1. The predicted molar refractivity (Wildman–Crippen MR) is 44.7 cm³/mol. The van der Waals surface area contributed by atoms with Crippen LogP contribution in [0.5, 0.6) is 0 Å². The standard InChI is InChI=1S/C6H5BrClNO/c7-2-4-1-5(8)3-9-6(4)10/h1,3H,2H2,(H,9,10). The molecule has 0 spiro atoms. The molecule has 10 heavy (non-hydrogen) atoms. The van der Waals surface area contributed by atoms with E-state index in [-0.39, 0.29) is 5.56 Å². The van der Waals surface area contributed by atoms with Crippen molar-refractivity contribution in [1.82, 2.24) is 4.98 Å². The van der Waals surface area contributed by atoms with E-state index in [1.807, 2.05) is 0 Å². The molecule has 1 N–H and O–H groups in total. The lowest BCUT2D eigenvalue weighted by molar-refractivity contribution is 1.17. The van der Waals surface area contributed by atoms with Gasteiger partial charge in [-0.3, -0.25) is 4.79 Å². The van der Waals surface area contributed by atoms with Gasteiger partial charge in [-0.05, 0) is 6.07 Å². The Labute approximate surface area is 71.3 Å². The van der Waals surface area contributed by atoms with Crippen LogP contribution in [0.15, 0.2) is 17.1 Å². The molecule has 54 valence electrons. The fourth-order valence-electron chi connectivity index (χ4n) is 0.600. The molecule has 0 radical (unpaired) electrons. The van der Waals surface area contributed by atoms with Crippen LogP contribution in [0.1, 0.15) is 5.56 Å². The number of aromatic amines is 1. The van der Waals surface area contributed by atoms with Crippen LogP contribution >= 0.6 is 27.5 Å². The molecule has 0 saturated heterocycles. The van der Waals surface area contributed by atoms with Crippen molar-refractivity contribution >= 4 is 27.5 Å². The van der Waals surface area contributed by atoms with E-state index in [2.05, 4.69) is 20.9 Å². The number of H-pyrrole nitrogens is 1. The molecule has 0 aromatic carbocycles. The first kappa shape index (κ1) is 7.82. The van der Waals surface area contributed by atoms with Gasteiger partial charge >= 0.3 is 0 Å². The second-order valence-electron chi connectivity index (χ2n) is 1.81. The number of halogens is 2. The maximum absolute atomic E-state index is 10.9. The Kier molecular flexibility index (Phi) is 2.51. The third kappa shape index (κ3) is 1.61. The molecule has 0 aliphatic heterocycles. The summed E-state index contributed by atoms with van der Waals surface area (Å²) in [5, 5.41) is 1.08. The van der Waals surface area contributed by atoms with E-state index < -0.39 is 0 Å². The molecule has 2 nitrogen and oxygen atoms in total. The van der Waals surface area contributed by atoms with Crippen molar-refractivity contribution in [3.8, 4) is 0 Å². The van der Waals surface area contributed by atoms with Crippen molar-refractivity contribution in [2.24, 2.45) is 0 Å². The van der Waals surface area contributed by atoms with E-state index in [4.69, 9.17) is 11.6 Å². The first-order valence-electron chi connectivity index (χ1n) is 2.67. The van der Waals surface area contributed by atoms with Crippen LogP contribution in [0, 0.1) is 0 Å². The molecule has 0 saturated carbocycles. The van der Waals surface area contributed by atoms with Gasteiger partial charge in [0.05, 0.1) is 5.02 Å². The van der Waals surface area contributed by atoms with Gasteiger partial charge in [0.2, 0.25) is 0 Å². The molecule has 0 aliphatic rings. The smallest absolute Gasteiger partial charge is 0.252 e. The van der Waals surface area contributed by atoms with Crippen LogP contribution in [0.3, 0.4) is 0 Å². The third-order valence-electron chi connectivity index (χ3n) is 1.09. The molecule has 0 aliphatic carbocycles. The summed E-state index contributed by atoms with van der Waals surface area (Å²) in [5.74, 6) is 0. The summed E-state index contributed by atoms with van der Waals surface area (Å²) in [6, 6.07) is 1.63. The summed E-state index contributed by atoms with van der Waals surface area (Å²) < 4.78 is 0. The Bertz CT molecular complexity index is 283. The van der Waals surface area contributed by atoms with Crippen molar-refractivity contribution in [3.63, 3.8) is 0 Å². The molecular weight excluding hydrogens is 217 g/mol. The zero-order valence-electron chi connectivity index (χ0n) is 5.03. The molecular formula is C6H5BrClNO. The first-order chi connectivity index (χ1) is 4.74.